The van der Waals surface area contributed by atoms with Crippen LogP contribution in [0.15, 0.2) is 66.9 Å². The minimum Gasteiger partial charge on any atom is -0.482 e. The van der Waals surface area contributed by atoms with Gasteiger partial charge in [-0.1, -0.05) is 36.4 Å². The van der Waals surface area contributed by atoms with Gasteiger partial charge in [-0.2, -0.15) is 5.10 Å². The first-order valence-electron chi connectivity index (χ1n) is 10.6. The molecule has 0 aliphatic carbocycles. The van der Waals surface area contributed by atoms with Gasteiger partial charge in [0.1, 0.15) is 17.0 Å². The molecular formula is C25H22N4O2. The van der Waals surface area contributed by atoms with Crippen LogP contribution in [0.1, 0.15) is 28.9 Å². The normalized spacial score (nSPS) is 16.6. The maximum absolute atomic E-state index is 13.2. The molecule has 1 fully saturated rings. The van der Waals surface area contributed by atoms with Crippen LogP contribution in [-0.2, 0) is 12.6 Å². The van der Waals surface area contributed by atoms with E-state index in [0.717, 1.165) is 46.3 Å². The Morgan fingerprint density at radius 3 is 2.65 bits per heavy atom. The summed E-state index contributed by atoms with van der Waals surface area (Å²) in [6.07, 6.45) is 3.37. The van der Waals surface area contributed by atoms with E-state index in [4.69, 9.17) is 4.74 Å². The third-order valence-electron chi connectivity index (χ3n) is 6.55. The molecule has 0 bridgehead atoms. The number of rotatable bonds is 1. The van der Waals surface area contributed by atoms with Gasteiger partial charge >= 0.3 is 0 Å². The molecule has 31 heavy (non-hydrogen) atoms. The predicted molar refractivity (Wildman–Crippen MR) is 118 cm³/mol. The number of nitrogens with zero attached hydrogens (tertiary/aromatic N) is 4. The third kappa shape index (κ3) is 2.75. The lowest BCUT2D eigenvalue weighted by atomic mass is 9.81. The number of amides is 1. The SMILES string of the molecule is Cn1ncc2c1-c1ccccc1OC21CCN(C(=O)c2ccc3ccccc3n2)CC1. The topological polar surface area (TPSA) is 60.2 Å². The largest absolute Gasteiger partial charge is 0.482 e. The number of piperidine rings is 1. The number of aryl methyl sites for hydroxylation is 1. The first-order chi connectivity index (χ1) is 15.1. The van der Waals surface area contributed by atoms with Crippen molar-refractivity contribution in [2.45, 2.75) is 18.4 Å². The number of aromatic nitrogens is 3. The number of hydrogen-bond acceptors (Lipinski definition) is 4. The van der Waals surface area contributed by atoms with Crippen LogP contribution in [0.3, 0.4) is 0 Å². The Balaban J connectivity index is 1.28. The van der Waals surface area contributed by atoms with Gasteiger partial charge in [-0.15, -0.1) is 0 Å². The number of pyridine rings is 1. The molecular weight excluding hydrogens is 388 g/mol. The fraction of sp³-hybridized carbons (Fsp3) is 0.240. The summed E-state index contributed by atoms with van der Waals surface area (Å²) >= 11 is 0. The number of para-hydroxylation sites is 2. The lowest BCUT2D eigenvalue weighted by Gasteiger charge is -2.44. The highest BCUT2D eigenvalue weighted by Crippen LogP contribution is 2.49. The molecule has 4 aromatic rings. The summed E-state index contributed by atoms with van der Waals surface area (Å²) in [5, 5.41) is 5.56. The van der Waals surface area contributed by atoms with Gasteiger partial charge in [-0.25, -0.2) is 4.98 Å². The molecule has 0 atom stereocenters. The van der Waals surface area contributed by atoms with E-state index in [0.29, 0.717) is 18.8 Å². The summed E-state index contributed by atoms with van der Waals surface area (Å²) in [6.45, 7) is 1.23. The molecule has 1 amide bonds. The van der Waals surface area contributed by atoms with E-state index in [1.807, 2.05) is 77.4 Å². The first kappa shape index (κ1) is 18.1. The van der Waals surface area contributed by atoms with Gasteiger partial charge in [0, 0.05) is 49.5 Å². The Morgan fingerprint density at radius 1 is 1.00 bits per heavy atom. The van der Waals surface area contributed by atoms with E-state index >= 15 is 0 Å². The number of benzene rings is 2. The predicted octanol–water partition coefficient (Wildman–Crippen LogP) is 4.16. The van der Waals surface area contributed by atoms with Crippen LogP contribution >= 0.6 is 0 Å². The second-order valence-corrected chi connectivity index (χ2v) is 8.30. The standard InChI is InChI=1S/C25H22N4O2/c1-28-23-18-7-3-5-9-22(18)31-25(19(23)16-26-28)12-14-29(15-13-25)24(30)21-11-10-17-6-2-4-8-20(17)27-21/h2-11,16H,12-15H2,1H3. The molecule has 2 aromatic heterocycles. The summed E-state index contributed by atoms with van der Waals surface area (Å²) < 4.78 is 8.51. The van der Waals surface area contributed by atoms with Crippen molar-refractivity contribution in [2.75, 3.05) is 13.1 Å². The van der Waals surface area contributed by atoms with Crippen molar-refractivity contribution in [3.8, 4) is 17.0 Å². The number of fused-ring (bicyclic) bond motifs is 5. The molecule has 2 aliphatic heterocycles. The molecule has 6 nitrogen and oxygen atoms in total. The highest BCUT2D eigenvalue weighted by Gasteiger charge is 2.45. The zero-order valence-corrected chi connectivity index (χ0v) is 17.3. The third-order valence-corrected chi connectivity index (χ3v) is 6.55. The molecule has 6 heteroatoms. The lowest BCUT2D eigenvalue weighted by Crippen LogP contribution is -2.49. The molecule has 2 aliphatic rings. The Kier molecular flexibility index (Phi) is 3.90. The van der Waals surface area contributed by atoms with Gasteiger partial charge < -0.3 is 9.64 Å². The fourth-order valence-corrected chi connectivity index (χ4v) is 4.90. The van der Waals surface area contributed by atoms with E-state index < -0.39 is 5.60 Å². The van der Waals surface area contributed by atoms with Gasteiger partial charge in [0.15, 0.2) is 0 Å². The Morgan fingerprint density at radius 2 is 1.77 bits per heavy atom. The summed E-state index contributed by atoms with van der Waals surface area (Å²) in [4.78, 5) is 19.6. The van der Waals surface area contributed by atoms with Gasteiger partial charge in [0.2, 0.25) is 0 Å². The van der Waals surface area contributed by atoms with Crippen LogP contribution in [-0.4, -0.2) is 38.7 Å². The molecule has 0 N–H and O–H groups in total. The minimum atomic E-state index is -0.453. The molecule has 0 saturated carbocycles. The van der Waals surface area contributed by atoms with Crippen LogP contribution in [0.2, 0.25) is 0 Å². The van der Waals surface area contributed by atoms with Gasteiger partial charge in [-0.3, -0.25) is 9.48 Å². The van der Waals surface area contributed by atoms with Crippen LogP contribution in [0.5, 0.6) is 5.75 Å². The summed E-state index contributed by atoms with van der Waals surface area (Å²) in [6, 6.07) is 19.8. The Hall–Kier alpha value is -3.67. The molecule has 0 radical (unpaired) electrons. The smallest absolute Gasteiger partial charge is 0.272 e. The zero-order valence-electron chi connectivity index (χ0n) is 17.3. The number of hydrogen-bond donors (Lipinski definition) is 0. The minimum absolute atomic E-state index is 0.0248. The fourth-order valence-electron chi connectivity index (χ4n) is 4.90. The van der Waals surface area contributed by atoms with Crippen molar-refractivity contribution >= 4 is 16.8 Å². The van der Waals surface area contributed by atoms with Crippen molar-refractivity contribution in [3.63, 3.8) is 0 Å². The van der Waals surface area contributed by atoms with Crippen molar-refractivity contribution < 1.29 is 9.53 Å². The second-order valence-electron chi connectivity index (χ2n) is 8.30. The Bertz CT molecular complexity index is 1320. The maximum atomic E-state index is 13.2. The molecule has 1 spiro atoms. The highest BCUT2D eigenvalue weighted by molar-refractivity contribution is 5.95. The Labute approximate surface area is 180 Å². The second kappa shape index (κ2) is 6.67. The molecule has 0 unspecified atom stereocenters. The van der Waals surface area contributed by atoms with Crippen molar-refractivity contribution in [3.05, 3.63) is 78.1 Å². The van der Waals surface area contributed by atoms with E-state index in [9.17, 15) is 4.79 Å². The maximum Gasteiger partial charge on any atom is 0.272 e. The number of carbonyl (C=O) groups excluding carboxylic acids is 1. The van der Waals surface area contributed by atoms with Crippen molar-refractivity contribution in [2.24, 2.45) is 7.05 Å². The molecule has 4 heterocycles. The van der Waals surface area contributed by atoms with Crippen molar-refractivity contribution in [1.29, 1.82) is 0 Å². The quantitative estimate of drug-likeness (QED) is 0.473. The summed E-state index contributed by atoms with van der Waals surface area (Å²) in [5.74, 6) is 0.859. The van der Waals surface area contributed by atoms with E-state index in [-0.39, 0.29) is 5.91 Å². The average molecular weight is 410 g/mol. The van der Waals surface area contributed by atoms with Crippen LogP contribution < -0.4 is 4.74 Å². The first-order valence-corrected chi connectivity index (χ1v) is 10.6. The van der Waals surface area contributed by atoms with E-state index in [1.54, 1.807) is 0 Å². The summed E-state index contributed by atoms with van der Waals surface area (Å²) in [5.41, 5.74) is 4.18. The van der Waals surface area contributed by atoms with E-state index in [1.165, 1.54) is 0 Å². The molecule has 1 saturated heterocycles. The summed E-state index contributed by atoms with van der Waals surface area (Å²) in [7, 11) is 1.97. The van der Waals surface area contributed by atoms with Crippen molar-refractivity contribution in [1.82, 2.24) is 19.7 Å². The number of ether oxygens (including phenoxy) is 1. The van der Waals surface area contributed by atoms with Crippen LogP contribution in [0, 0.1) is 0 Å². The number of carbonyl (C=O) groups is 1. The zero-order chi connectivity index (χ0) is 21.0. The molecule has 154 valence electrons. The highest BCUT2D eigenvalue weighted by atomic mass is 16.5. The van der Waals surface area contributed by atoms with Gasteiger partial charge in [-0.05, 0) is 24.3 Å². The van der Waals surface area contributed by atoms with Crippen LogP contribution in [0.25, 0.3) is 22.2 Å². The lowest BCUT2D eigenvalue weighted by molar-refractivity contribution is -0.00188. The number of likely N-dealkylation sites (tertiary alicyclic amines) is 1. The molecule has 6 rings (SSSR count). The monoisotopic (exact) mass is 410 g/mol. The van der Waals surface area contributed by atoms with Gasteiger partial charge in [0.25, 0.3) is 5.91 Å². The van der Waals surface area contributed by atoms with Gasteiger partial charge in [0.05, 0.1) is 17.4 Å². The average Bonchev–Trinajstić information content (AvgIpc) is 3.22. The van der Waals surface area contributed by atoms with Crippen LogP contribution in [0.4, 0.5) is 0 Å². The van der Waals surface area contributed by atoms with E-state index in [2.05, 4.69) is 16.1 Å². The molecule has 2 aromatic carbocycles.